The molecule has 30 heavy (non-hydrogen) atoms. The van der Waals surface area contributed by atoms with Crippen molar-refractivity contribution >= 4 is 12.1 Å². The summed E-state index contributed by atoms with van der Waals surface area (Å²) in [5.74, 6) is 0.271. The second kappa shape index (κ2) is 8.30. The Morgan fingerprint density at radius 3 is 2.47 bits per heavy atom. The summed E-state index contributed by atoms with van der Waals surface area (Å²) >= 11 is 0. The maximum atomic E-state index is 12.1. The van der Waals surface area contributed by atoms with Crippen molar-refractivity contribution in [1.29, 1.82) is 0 Å². The van der Waals surface area contributed by atoms with Gasteiger partial charge in [-0.3, -0.25) is 0 Å². The number of hydrogen-bond donors (Lipinski definition) is 2. The lowest BCUT2D eigenvalue weighted by Crippen LogP contribution is -2.44. The summed E-state index contributed by atoms with van der Waals surface area (Å²) in [7, 11) is 0. The first-order valence-electron chi connectivity index (χ1n) is 9.85. The molecule has 1 aromatic heterocycles. The Bertz CT molecular complexity index is 957. The Morgan fingerprint density at radius 1 is 1.17 bits per heavy atom. The van der Waals surface area contributed by atoms with E-state index in [-0.39, 0.29) is 6.42 Å². The Labute approximate surface area is 175 Å². The first-order chi connectivity index (χ1) is 14.0. The second-order valence-electron chi connectivity index (χ2n) is 8.30. The minimum Gasteiger partial charge on any atom is -0.486 e. The number of nitrogens with one attached hydrogen (secondary N) is 1. The molecule has 1 unspecified atom stereocenters. The van der Waals surface area contributed by atoms with Gasteiger partial charge < -0.3 is 29.2 Å². The molecule has 2 aromatic rings. The largest absolute Gasteiger partial charge is 0.486 e. The summed E-state index contributed by atoms with van der Waals surface area (Å²) in [5.41, 5.74) is 2.85. The van der Waals surface area contributed by atoms with Crippen LogP contribution in [-0.2, 0) is 16.0 Å². The zero-order chi connectivity index (χ0) is 22.1. The summed E-state index contributed by atoms with van der Waals surface area (Å²) in [5, 5.41) is 12.0. The molecule has 1 amide bonds. The van der Waals surface area contributed by atoms with Crippen molar-refractivity contribution < 1.29 is 28.9 Å². The predicted molar refractivity (Wildman–Crippen MR) is 111 cm³/mol. The molecular formula is C22H28N2O6. The first kappa shape index (κ1) is 21.5. The quantitative estimate of drug-likeness (QED) is 0.775. The normalized spacial score (nSPS) is 14.2. The number of fused-ring (bicyclic) bond motifs is 1. The fraction of sp³-hybridized carbons (Fsp3) is 0.455. The highest BCUT2D eigenvalue weighted by atomic mass is 16.6. The van der Waals surface area contributed by atoms with Gasteiger partial charge in [0.2, 0.25) is 0 Å². The minimum atomic E-state index is -1.12. The highest BCUT2D eigenvalue weighted by Crippen LogP contribution is 2.33. The number of aryl methyl sites for hydroxylation is 1. The van der Waals surface area contributed by atoms with Crippen LogP contribution in [0.2, 0.25) is 0 Å². The van der Waals surface area contributed by atoms with Crippen LogP contribution >= 0.6 is 0 Å². The Balaban J connectivity index is 1.83. The molecule has 0 aliphatic carbocycles. The van der Waals surface area contributed by atoms with E-state index in [1.165, 1.54) is 0 Å². The molecule has 2 heterocycles. The van der Waals surface area contributed by atoms with E-state index < -0.39 is 23.7 Å². The molecule has 1 aliphatic rings. The van der Waals surface area contributed by atoms with Crippen LogP contribution in [-0.4, -0.2) is 46.6 Å². The number of carbonyl (C=O) groups excluding carboxylic acids is 1. The lowest BCUT2D eigenvalue weighted by atomic mass is 10.1. The number of carbonyl (C=O) groups is 2. The summed E-state index contributed by atoms with van der Waals surface area (Å²) in [6.07, 6.45) is -0.616. The van der Waals surface area contributed by atoms with Crippen LogP contribution in [0.1, 0.15) is 37.7 Å². The fourth-order valence-corrected chi connectivity index (χ4v) is 3.47. The van der Waals surface area contributed by atoms with Gasteiger partial charge >= 0.3 is 12.1 Å². The number of carboxylic acid groups (broad SMARTS) is 1. The van der Waals surface area contributed by atoms with E-state index in [0.29, 0.717) is 24.7 Å². The molecule has 0 saturated heterocycles. The van der Waals surface area contributed by atoms with Gasteiger partial charge in [0.1, 0.15) is 24.9 Å². The molecule has 1 aliphatic heterocycles. The topological polar surface area (TPSA) is 99.0 Å². The third-order valence-corrected chi connectivity index (χ3v) is 4.73. The van der Waals surface area contributed by atoms with E-state index in [1.807, 2.05) is 42.7 Å². The van der Waals surface area contributed by atoms with Gasteiger partial charge in [-0.1, -0.05) is 0 Å². The van der Waals surface area contributed by atoms with Crippen LogP contribution in [0.25, 0.3) is 5.69 Å². The molecule has 0 saturated carbocycles. The summed E-state index contributed by atoms with van der Waals surface area (Å²) in [6, 6.07) is 6.54. The third-order valence-electron chi connectivity index (χ3n) is 4.73. The number of aliphatic carboxylic acids is 1. The molecule has 1 aromatic carbocycles. The standard InChI is InChI=1S/C22H28N2O6/c1-13-10-15(11-17(20(25)26)23-21(27)30-22(3,4)5)14(2)24(13)16-6-7-18-19(12-16)29-9-8-28-18/h6-7,10,12,17H,8-9,11H2,1-5H3,(H,23,27)(H,25,26). The van der Waals surface area contributed by atoms with Gasteiger partial charge in [0.05, 0.1) is 0 Å². The fourth-order valence-electron chi connectivity index (χ4n) is 3.47. The maximum absolute atomic E-state index is 12.1. The smallest absolute Gasteiger partial charge is 0.408 e. The van der Waals surface area contributed by atoms with Crippen LogP contribution in [0.5, 0.6) is 11.5 Å². The van der Waals surface area contributed by atoms with E-state index in [4.69, 9.17) is 14.2 Å². The number of ether oxygens (including phenoxy) is 3. The van der Waals surface area contributed by atoms with Crippen molar-refractivity contribution in [3.8, 4) is 17.2 Å². The highest BCUT2D eigenvalue weighted by Gasteiger charge is 2.26. The Kier molecular flexibility index (Phi) is 5.96. The molecule has 3 rings (SSSR count). The number of alkyl carbamates (subject to hydrolysis) is 1. The minimum absolute atomic E-state index is 0.138. The first-order valence-corrected chi connectivity index (χ1v) is 9.85. The van der Waals surface area contributed by atoms with E-state index in [0.717, 1.165) is 22.6 Å². The van der Waals surface area contributed by atoms with Crippen LogP contribution in [0.15, 0.2) is 24.3 Å². The summed E-state index contributed by atoms with van der Waals surface area (Å²) in [6.45, 7) is 10.1. The van der Waals surface area contributed by atoms with Gasteiger partial charge in [0.25, 0.3) is 0 Å². The van der Waals surface area contributed by atoms with E-state index >= 15 is 0 Å². The average molecular weight is 416 g/mol. The summed E-state index contributed by atoms with van der Waals surface area (Å²) in [4.78, 5) is 23.8. The number of aromatic nitrogens is 1. The van der Waals surface area contributed by atoms with Gasteiger partial charge in [-0.2, -0.15) is 0 Å². The van der Waals surface area contributed by atoms with E-state index in [2.05, 4.69) is 5.32 Å². The Morgan fingerprint density at radius 2 is 1.83 bits per heavy atom. The van der Waals surface area contributed by atoms with Crippen molar-refractivity contribution in [1.82, 2.24) is 9.88 Å². The number of rotatable bonds is 5. The van der Waals surface area contributed by atoms with Gasteiger partial charge in [-0.25, -0.2) is 9.59 Å². The average Bonchev–Trinajstić information content (AvgIpc) is 2.92. The van der Waals surface area contributed by atoms with Crippen LogP contribution < -0.4 is 14.8 Å². The number of amides is 1. The van der Waals surface area contributed by atoms with Crippen molar-refractivity contribution in [2.75, 3.05) is 13.2 Å². The zero-order valence-electron chi connectivity index (χ0n) is 17.9. The predicted octanol–water partition coefficient (Wildman–Crippen LogP) is 3.39. The van der Waals surface area contributed by atoms with Crippen molar-refractivity contribution in [2.24, 2.45) is 0 Å². The zero-order valence-corrected chi connectivity index (χ0v) is 17.9. The molecule has 8 nitrogen and oxygen atoms in total. The molecule has 0 radical (unpaired) electrons. The van der Waals surface area contributed by atoms with Crippen LogP contribution in [0.3, 0.4) is 0 Å². The van der Waals surface area contributed by atoms with Crippen LogP contribution in [0.4, 0.5) is 4.79 Å². The summed E-state index contributed by atoms with van der Waals surface area (Å²) < 4.78 is 18.5. The Hall–Kier alpha value is -3.16. The molecule has 0 fully saturated rings. The van der Waals surface area contributed by atoms with Crippen LogP contribution in [0, 0.1) is 13.8 Å². The van der Waals surface area contributed by atoms with Crippen molar-refractivity contribution in [3.63, 3.8) is 0 Å². The molecule has 0 bridgehead atoms. The maximum Gasteiger partial charge on any atom is 0.408 e. The SMILES string of the molecule is Cc1cc(CC(NC(=O)OC(C)(C)C)C(=O)O)c(C)n1-c1ccc2c(c1)OCCO2. The lowest BCUT2D eigenvalue weighted by Gasteiger charge is -2.22. The molecular weight excluding hydrogens is 388 g/mol. The molecule has 1 atom stereocenters. The number of nitrogens with zero attached hydrogens (tertiary/aromatic N) is 1. The molecule has 162 valence electrons. The van der Waals surface area contributed by atoms with Gasteiger partial charge in [0.15, 0.2) is 11.5 Å². The number of carboxylic acids is 1. The lowest BCUT2D eigenvalue weighted by molar-refractivity contribution is -0.139. The monoisotopic (exact) mass is 416 g/mol. The molecule has 2 N–H and O–H groups in total. The second-order valence-corrected chi connectivity index (χ2v) is 8.30. The molecule has 0 spiro atoms. The van der Waals surface area contributed by atoms with E-state index in [1.54, 1.807) is 20.8 Å². The van der Waals surface area contributed by atoms with Crippen molar-refractivity contribution in [3.05, 3.63) is 41.2 Å². The highest BCUT2D eigenvalue weighted by molar-refractivity contribution is 5.80. The number of benzene rings is 1. The van der Waals surface area contributed by atoms with Gasteiger partial charge in [-0.05, 0) is 58.4 Å². The van der Waals surface area contributed by atoms with E-state index in [9.17, 15) is 14.7 Å². The van der Waals surface area contributed by atoms with Gasteiger partial charge in [-0.15, -0.1) is 0 Å². The van der Waals surface area contributed by atoms with Crippen molar-refractivity contribution in [2.45, 2.75) is 52.7 Å². The molecule has 8 heteroatoms. The van der Waals surface area contributed by atoms with Gasteiger partial charge in [0, 0.05) is 29.6 Å². The third kappa shape index (κ3) is 4.87. The number of hydrogen-bond acceptors (Lipinski definition) is 5.